The highest BCUT2D eigenvalue weighted by Gasteiger charge is 2.41. The van der Waals surface area contributed by atoms with Gasteiger partial charge in [0.1, 0.15) is 35.4 Å². The number of piperidine rings is 1. The second kappa shape index (κ2) is 16.5. The van der Waals surface area contributed by atoms with Crippen molar-refractivity contribution < 1.29 is 37.8 Å². The largest absolute Gasteiger partial charge is 0.489 e. The maximum absolute atomic E-state index is 14.9. The molecule has 1 fully saturated rings. The number of nitriles is 1. The zero-order valence-electron chi connectivity index (χ0n) is 33.6. The van der Waals surface area contributed by atoms with Crippen LogP contribution in [0.1, 0.15) is 111 Å². The Labute approximate surface area is 333 Å². The first-order valence-corrected chi connectivity index (χ1v) is 19.5. The number of amides is 3. The van der Waals surface area contributed by atoms with E-state index in [4.69, 9.17) is 19.9 Å². The van der Waals surface area contributed by atoms with Gasteiger partial charge in [-0.05, 0) is 120 Å². The van der Waals surface area contributed by atoms with Gasteiger partial charge in [-0.1, -0.05) is 24.3 Å². The Morgan fingerprint density at radius 1 is 0.965 bits per heavy atom. The van der Waals surface area contributed by atoms with Crippen LogP contribution in [0.25, 0.3) is 0 Å². The zero-order chi connectivity index (χ0) is 41.2. The summed E-state index contributed by atoms with van der Waals surface area (Å²) in [6.07, 6.45) is 1.67. The Morgan fingerprint density at radius 2 is 1.68 bits per heavy atom. The molecule has 12 nitrogen and oxygen atoms in total. The standard InChI is InChI=1S/C44H52FN5O7/c1-43(2,3)56-38(51)15-14-36(40(47)52)50-25-33-32(41(50)53)8-7-9-37(33)55-26-28-10-12-31-30(22-28)18-21-49(42(54)57-44(4,5)6)39(31)29-16-19-48(20-17-29)35-13-11-27(24-46)23-34(35)45/h7-13,22-23,29,36,39H,14-21,25-26H2,1-6H3,(H2,47,52)/t36-,39-/m0/s1. The highest BCUT2D eigenvalue weighted by molar-refractivity contribution is 6.01. The van der Waals surface area contributed by atoms with Crippen LogP contribution >= 0.6 is 0 Å². The Kier molecular flexibility index (Phi) is 11.8. The van der Waals surface area contributed by atoms with E-state index in [-0.39, 0.29) is 55.5 Å². The molecule has 3 heterocycles. The van der Waals surface area contributed by atoms with Crippen molar-refractivity contribution in [2.75, 3.05) is 24.5 Å². The van der Waals surface area contributed by atoms with E-state index in [2.05, 4.69) is 12.1 Å². The van der Waals surface area contributed by atoms with Gasteiger partial charge in [0.15, 0.2) is 0 Å². The number of benzene rings is 3. The van der Waals surface area contributed by atoms with Crippen LogP contribution in [-0.4, -0.2) is 70.6 Å². The molecule has 0 radical (unpaired) electrons. The van der Waals surface area contributed by atoms with Crippen LogP contribution in [0.4, 0.5) is 14.9 Å². The van der Waals surface area contributed by atoms with E-state index in [1.807, 2.05) is 42.7 Å². The van der Waals surface area contributed by atoms with Crippen molar-refractivity contribution in [3.05, 3.63) is 93.8 Å². The molecule has 0 saturated carbocycles. The average molecular weight is 782 g/mol. The fraction of sp³-hybridized carbons (Fsp3) is 0.477. The van der Waals surface area contributed by atoms with Crippen LogP contribution < -0.4 is 15.4 Å². The normalized spacial score (nSPS) is 17.7. The van der Waals surface area contributed by atoms with Crippen LogP contribution in [0.2, 0.25) is 0 Å². The number of esters is 1. The summed E-state index contributed by atoms with van der Waals surface area (Å²) in [7, 11) is 0. The van der Waals surface area contributed by atoms with E-state index < -0.39 is 34.9 Å². The van der Waals surface area contributed by atoms with Gasteiger partial charge in [0.2, 0.25) is 5.91 Å². The molecule has 3 amide bonds. The minimum Gasteiger partial charge on any atom is -0.489 e. The number of fused-ring (bicyclic) bond motifs is 2. The number of hydrogen-bond acceptors (Lipinski definition) is 9. The summed E-state index contributed by atoms with van der Waals surface area (Å²) in [5, 5.41) is 9.18. The molecule has 0 unspecified atom stereocenters. The predicted molar refractivity (Wildman–Crippen MR) is 211 cm³/mol. The van der Waals surface area contributed by atoms with Crippen LogP contribution in [0.5, 0.6) is 5.75 Å². The van der Waals surface area contributed by atoms with Crippen LogP contribution in [0, 0.1) is 23.1 Å². The second-order valence-corrected chi connectivity index (χ2v) is 17.1. The number of primary amides is 1. The lowest BCUT2D eigenvalue weighted by Gasteiger charge is -2.45. The number of anilines is 1. The first-order chi connectivity index (χ1) is 26.9. The number of nitrogens with zero attached hydrogens (tertiary/aromatic N) is 4. The second-order valence-electron chi connectivity index (χ2n) is 17.1. The van der Waals surface area contributed by atoms with Crippen LogP contribution in [-0.2, 0) is 38.6 Å². The van der Waals surface area contributed by atoms with Crippen LogP contribution in [0.15, 0.2) is 54.6 Å². The minimum atomic E-state index is -0.997. The molecular formula is C44H52FN5O7. The molecule has 0 bridgehead atoms. The van der Waals surface area contributed by atoms with Crippen molar-refractivity contribution in [3.63, 3.8) is 0 Å². The third-order valence-corrected chi connectivity index (χ3v) is 10.6. The SMILES string of the molecule is CC(C)(C)OC(=O)CC[C@@H](C(N)=O)N1Cc2c(OCc3ccc4c(c3)CCN(C(=O)OC(C)(C)C)[C@H]4C3CCN(c4ccc(C#N)cc4F)CC3)cccc2C1=O. The van der Waals surface area contributed by atoms with Crippen molar-refractivity contribution in [2.45, 2.75) is 110 Å². The molecule has 0 spiro atoms. The van der Waals surface area contributed by atoms with Gasteiger partial charge < -0.3 is 34.6 Å². The lowest BCUT2D eigenvalue weighted by Crippen LogP contribution is -2.48. The third kappa shape index (κ3) is 9.50. The maximum atomic E-state index is 14.9. The van der Waals surface area contributed by atoms with Gasteiger partial charge in [-0.15, -0.1) is 0 Å². The molecule has 0 aromatic heterocycles. The fourth-order valence-corrected chi connectivity index (χ4v) is 8.10. The Morgan fingerprint density at radius 3 is 2.33 bits per heavy atom. The summed E-state index contributed by atoms with van der Waals surface area (Å²) >= 11 is 0. The molecule has 3 aromatic rings. The molecule has 3 aliphatic heterocycles. The predicted octanol–water partition coefficient (Wildman–Crippen LogP) is 6.96. The first-order valence-electron chi connectivity index (χ1n) is 19.5. The molecule has 1 saturated heterocycles. The quantitative estimate of drug-likeness (QED) is 0.215. The molecule has 0 aliphatic carbocycles. The number of ether oxygens (including phenoxy) is 3. The lowest BCUT2D eigenvalue weighted by molar-refractivity contribution is -0.155. The summed E-state index contributed by atoms with van der Waals surface area (Å²) < 4.78 is 32.5. The number of rotatable bonds is 10. The summed E-state index contributed by atoms with van der Waals surface area (Å²) in [5.74, 6) is -1.35. The molecule has 302 valence electrons. The Bertz CT molecular complexity index is 2080. The number of carbonyl (C=O) groups excluding carboxylic acids is 4. The van der Waals surface area contributed by atoms with E-state index in [9.17, 15) is 28.8 Å². The number of halogens is 1. The van der Waals surface area contributed by atoms with E-state index in [1.165, 1.54) is 11.0 Å². The topological polar surface area (TPSA) is 155 Å². The van der Waals surface area contributed by atoms with E-state index >= 15 is 0 Å². The highest BCUT2D eigenvalue weighted by atomic mass is 19.1. The third-order valence-electron chi connectivity index (χ3n) is 10.6. The monoisotopic (exact) mass is 781 g/mol. The number of nitrogens with two attached hydrogens (primary N) is 1. The Balaban J connectivity index is 1.17. The van der Waals surface area contributed by atoms with Crippen molar-refractivity contribution in [1.82, 2.24) is 9.80 Å². The lowest BCUT2D eigenvalue weighted by atomic mass is 9.79. The fourth-order valence-electron chi connectivity index (χ4n) is 8.10. The molecule has 3 aliphatic rings. The first kappa shape index (κ1) is 41.0. The van der Waals surface area contributed by atoms with Crippen LogP contribution in [0.3, 0.4) is 0 Å². The van der Waals surface area contributed by atoms with Gasteiger partial charge >= 0.3 is 12.1 Å². The van der Waals surface area contributed by atoms with Crippen molar-refractivity contribution >= 4 is 29.6 Å². The molecule has 2 N–H and O–H groups in total. The molecule has 2 atom stereocenters. The van der Waals surface area contributed by atoms with Gasteiger partial charge in [-0.3, -0.25) is 14.4 Å². The van der Waals surface area contributed by atoms with Crippen molar-refractivity contribution in [1.29, 1.82) is 5.26 Å². The highest BCUT2D eigenvalue weighted by Crippen LogP contribution is 2.42. The maximum Gasteiger partial charge on any atom is 0.410 e. The van der Waals surface area contributed by atoms with Gasteiger partial charge in [0.05, 0.1) is 29.9 Å². The van der Waals surface area contributed by atoms with Gasteiger partial charge in [0.25, 0.3) is 5.91 Å². The van der Waals surface area contributed by atoms with Gasteiger partial charge in [-0.25, -0.2) is 9.18 Å². The average Bonchev–Trinajstić information content (AvgIpc) is 3.47. The van der Waals surface area contributed by atoms with E-state index in [0.717, 1.165) is 29.5 Å². The summed E-state index contributed by atoms with van der Waals surface area (Å²) in [4.78, 5) is 57.4. The smallest absolute Gasteiger partial charge is 0.410 e. The number of hydrogen-bond donors (Lipinski definition) is 1. The molecule has 57 heavy (non-hydrogen) atoms. The summed E-state index contributed by atoms with van der Waals surface area (Å²) in [6.45, 7) is 12.8. The molecule has 6 rings (SSSR count). The van der Waals surface area contributed by atoms with E-state index in [0.29, 0.717) is 48.6 Å². The van der Waals surface area contributed by atoms with Gasteiger partial charge in [-0.2, -0.15) is 5.26 Å². The van der Waals surface area contributed by atoms with Crippen molar-refractivity contribution in [3.8, 4) is 11.8 Å². The molecular weight excluding hydrogens is 730 g/mol. The van der Waals surface area contributed by atoms with Gasteiger partial charge in [0, 0.05) is 37.2 Å². The van der Waals surface area contributed by atoms with Crippen molar-refractivity contribution in [2.24, 2.45) is 11.7 Å². The Hall–Kier alpha value is -5.64. The summed E-state index contributed by atoms with van der Waals surface area (Å²) in [6, 6.07) is 16.7. The summed E-state index contributed by atoms with van der Waals surface area (Å²) in [5.41, 5.74) is 9.26. The minimum absolute atomic E-state index is 0.0381. The number of carbonyl (C=O) groups is 4. The zero-order valence-corrected chi connectivity index (χ0v) is 33.6. The molecule has 13 heteroatoms. The molecule has 3 aromatic carbocycles. The van der Waals surface area contributed by atoms with E-state index in [1.54, 1.807) is 51.1 Å².